The van der Waals surface area contributed by atoms with Crippen molar-refractivity contribution < 1.29 is 9.53 Å². The normalized spacial score (nSPS) is 25.3. The van der Waals surface area contributed by atoms with E-state index < -0.39 is 0 Å². The number of hydrogen-bond acceptors (Lipinski definition) is 2. The van der Waals surface area contributed by atoms with Gasteiger partial charge in [0.05, 0.1) is 19.1 Å². The number of carbonyl (C=O) groups excluding carboxylic acids is 1. The third kappa shape index (κ3) is 1.61. The molecule has 0 aromatic rings. The molecule has 2 fully saturated rings. The van der Waals surface area contributed by atoms with Crippen molar-refractivity contribution in [2.45, 2.75) is 31.7 Å². The first-order valence-electron chi connectivity index (χ1n) is 4.74. The Labute approximate surface area is 72.5 Å². The second-order valence-corrected chi connectivity index (χ2v) is 3.72. The molecule has 1 N–H and O–H groups in total. The van der Waals surface area contributed by atoms with Crippen LogP contribution in [0, 0.1) is 5.92 Å². The zero-order chi connectivity index (χ0) is 8.39. The molecule has 0 bridgehead atoms. The van der Waals surface area contributed by atoms with Crippen LogP contribution in [0.3, 0.4) is 0 Å². The van der Waals surface area contributed by atoms with Gasteiger partial charge >= 0.3 is 0 Å². The molecule has 2 aliphatic rings. The van der Waals surface area contributed by atoms with E-state index in [1.807, 2.05) is 0 Å². The fourth-order valence-corrected chi connectivity index (χ4v) is 1.78. The Hall–Kier alpha value is -0.570. The van der Waals surface area contributed by atoms with Crippen molar-refractivity contribution in [1.82, 2.24) is 5.32 Å². The van der Waals surface area contributed by atoms with E-state index >= 15 is 0 Å². The third-order valence-corrected chi connectivity index (χ3v) is 2.71. The van der Waals surface area contributed by atoms with Crippen LogP contribution >= 0.6 is 0 Å². The van der Waals surface area contributed by atoms with Gasteiger partial charge in [-0.05, 0) is 12.8 Å². The summed E-state index contributed by atoms with van der Waals surface area (Å²) in [4.78, 5) is 11.4. The van der Waals surface area contributed by atoms with Crippen molar-refractivity contribution >= 4 is 5.91 Å². The van der Waals surface area contributed by atoms with Crippen LogP contribution in [0.1, 0.15) is 25.7 Å². The minimum Gasteiger partial charge on any atom is -0.380 e. The van der Waals surface area contributed by atoms with Crippen molar-refractivity contribution in [3.05, 3.63) is 0 Å². The lowest BCUT2D eigenvalue weighted by Crippen LogP contribution is -2.45. The third-order valence-electron chi connectivity index (χ3n) is 2.71. The summed E-state index contributed by atoms with van der Waals surface area (Å²) in [6, 6.07) is 0.457. The second-order valence-electron chi connectivity index (χ2n) is 3.72. The summed E-state index contributed by atoms with van der Waals surface area (Å²) in [6.45, 7) is 1.25. The van der Waals surface area contributed by atoms with Crippen LogP contribution in [0.5, 0.6) is 0 Å². The Morgan fingerprint density at radius 2 is 1.92 bits per heavy atom. The van der Waals surface area contributed by atoms with Crippen LogP contribution < -0.4 is 5.32 Å². The topological polar surface area (TPSA) is 38.3 Å². The molecule has 0 atom stereocenters. The first-order chi connectivity index (χ1) is 5.86. The Bertz CT molecular complexity index is 171. The maximum Gasteiger partial charge on any atom is 0.228 e. The standard InChI is InChI=1S/C9H15NO2/c11-9(7-5-12-6-7)10-8-3-1-2-4-8/h7-8H,1-6H2,(H,10,11). The number of amides is 1. The zero-order valence-corrected chi connectivity index (χ0v) is 7.21. The number of hydrogen-bond donors (Lipinski definition) is 1. The molecule has 12 heavy (non-hydrogen) atoms. The van der Waals surface area contributed by atoms with Crippen molar-refractivity contribution in [2.24, 2.45) is 5.92 Å². The van der Waals surface area contributed by atoms with Crippen LogP contribution in [0.2, 0.25) is 0 Å². The molecule has 1 saturated heterocycles. The fourth-order valence-electron chi connectivity index (χ4n) is 1.78. The summed E-state index contributed by atoms with van der Waals surface area (Å²) in [6.07, 6.45) is 4.87. The second kappa shape index (κ2) is 3.44. The fraction of sp³-hybridized carbons (Fsp3) is 0.889. The van der Waals surface area contributed by atoms with Crippen molar-refractivity contribution in [1.29, 1.82) is 0 Å². The molecule has 0 radical (unpaired) electrons. The first kappa shape index (κ1) is 8.05. The number of carbonyl (C=O) groups is 1. The highest BCUT2D eigenvalue weighted by atomic mass is 16.5. The number of nitrogens with one attached hydrogen (secondary N) is 1. The van der Waals surface area contributed by atoms with Crippen molar-refractivity contribution in [3.8, 4) is 0 Å². The van der Waals surface area contributed by atoms with E-state index in [0.29, 0.717) is 19.3 Å². The van der Waals surface area contributed by atoms with Crippen LogP contribution in [0.25, 0.3) is 0 Å². The molecular weight excluding hydrogens is 154 g/mol. The molecule has 1 aliphatic heterocycles. The molecule has 1 amide bonds. The highest BCUT2D eigenvalue weighted by Crippen LogP contribution is 2.19. The summed E-state index contributed by atoms with van der Waals surface area (Å²) in [7, 11) is 0. The van der Waals surface area contributed by atoms with E-state index in [4.69, 9.17) is 4.74 Å². The molecule has 3 heteroatoms. The van der Waals surface area contributed by atoms with E-state index in [1.165, 1.54) is 25.7 Å². The lowest BCUT2D eigenvalue weighted by atomic mass is 10.1. The molecule has 3 nitrogen and oxygen atoms in total. The van der Waals surface area contributed by atoms with Gasteiger partial charge in [0.2, 0.25) is 5.91 Å². The predicted octanol–water partition coefficient (Wildman–Crippen LogP) is 0.692. The smallest absolute Gasteiger partial charge is 0.228 e. The molecule has 0 aromatic carbocycles. The van der Waals surface area contributed by atoms with Crippen LogP contribution in [-0.2, 0) is 9.53 Å². The molecule has 1 aliphatic carbocycles. The summed E-state index contributed by atoms with van der Waals surface area (Å²) in [5.41, 5.74) is 0. The van der Waals surface area contributed by atoms with Gasteiger partial charge in [-0.15, -0.1) is 0 Å². The Morgan fingerprint density at radius 1 is 1.25 bits per heavy atom. The van der Waals surface area contributed by atoms with Gasteiger partial charge in [0, 0.05) is 6.04 Å². The molecule has 1 heterocycles. The largest absolute Gasteiger partial charge is 0.380 e. The van der Waals surface area contributed by atoms with E-state index in [1.54, 1.807) is 0 Å². The maximum atomic E-state index is 11.4. The molecule has 0 spiro atoms. The first-order valence-corrected chi connectivity index (χ1v) is 4.74. The van der Waals surface area contributed by atoms with Gasteiger partial charge < -0.3 is 10.1 Å². The van der Waals surface area contributed by atoms with E-state index in [9.17, 15) is 4.79 Å². The lowest BCUT2D eigenvalue weighted by molar-refractivity contribution is -0.139. The minimum absolute atomic E-state index is 0.144. The quantitative estimate of drug-likeness (QED) is 0.660. The van der Waals surface area contributed by atoms with Crippen molar-refractivity contribution in [3.63, 3.8) is 0 Å². The van der Waals surface area contributed by atoms with Gasteiger partial charge in [0.15, 0.2) is 0 Å². The van der Waals surface area contributed by atoms with Gasteiger partial charge in [0.25, 0.3) is 0 Å². The van der Waals surface area contributed by atoms with Crippen LogP contribution in [0.15, 0.2) is 0 Å². The molecule has 68 valence electrons. The highest BCUT2D eigenvalue weighted by molar-refractivity contribution is 5.79. The Kier molecular flexibility index (Phi) is 2.30. The van der Waals surface area contributed by atoms with Gasteiger partial charge in [-0.3, -0.25) is 4.79 Å². The van der Waals surface area contributed by atoms with E-state index in [0.717, 1.165) is 0 Å². The maximum absolute atomic E-state index is 11.4. The predicted molar refractivity (Wildman–Crippen MR) is 44.7 cm³/mol. The molecular formula is C9H15NO2. The van der Waals surface area contributed by atoms with Crippen LogP contribution in [-0.4, -0.2) is 25.2 Å². The summed E-state index contributed by atoms with van der Waals surface area (Å²) in [5.74, 6) is 0.346. The van der Waals surface area contributed by atoms with E-state index in [-0.39, 0.29) is 11.8 Å². The van der Waals surface area contributed by atoms with Crippen LogP contribution in [0.4, 0.5) is 0 Å². The van der Waals surface area contributed by atoms with Crippen molar-refractivity contribution in [2.75, 3.05) is 13.2 Å². The lowest BCUT2D eigenvalue weighted by Gasteiger charge is -2.26. The Morgan fingerprint density at radius 3 is 2.42 bits per heavy atom. The number of rotatable bonds is 2. The van der Waals surface area contributed by atoms with E-state index in [2.05, 4.69) is 5.32 Å². The molecule has 0 aromatic heterocycles. The van der Waals surface area contributed by atoms with Gasteiger partial charge in [-0.1, -0.05) is 12.8 Å². The summed E-state index contributed by atoms with van der Waals surface area (Å²) < 4.78 is 4.96. The molecule has 1 saturated carbocycles. The summed E-state index contributed by atoms with van der Waals surface area (Å²) in [5, 5.41) is 3.06. The highest BCUT2D eigenvalue weighted by Gasteiger charge is 2.28. The minimum atomic E-state index is 0.144. The number of ether oxygens (including phenoxy) is 1. The van der Waals surface area contributed by atoms with Gasteiger partial charge in [0.1, 0.15) is 0 Å². The average Bonchev–Trinajstić information content (AvgIpc) is 2.34. The molecule has 2 rings (SSSR count). The van der Waals surface area contributed by atoms with Gasteiger partial charge in [-0.25, -0.2) is 0 Å². The zero-order valence-electron chi connectivity index (χ0n) is 7.21. The molecule has 0 unspecified atom stereocenters. The Balaban J connectivity index is 1.73. The van der Waals surface area contributed by atoms with Gasteiger partial charge in [-0.2, -0.15) is 0 Å². The SMILES string of the molecule is O=C(NC1CCCC1)C1COC1. The monoisotopic (exact) mass is 169 g/mol. The average molecular weight is 169 g/mol. The summed E-state index contributed by atoms with van der Waals surface area (Å²) >= 11 is 0.